The van der Waals surface area contributed by atoms with Crippen molar-refractivity contribution in [3.05, 3.63) is 95.6 Å². The number of carbonyl (C=O) groups excluding carboxylic acids is 1. The minimum atomic E-state index is -3.47. The molecule has 0 spiro atoms. The van der Waals surface area contributed by atoms with Gasteiger partial charge in [-0.15, -0.1) is 0 Å². The second-order valence-electron chi connectivity index (χ2n) is 7.39. The third-order valence-corrected chi connectivity index (χ3v) is 6.84. The summed E-state index contributed by atoms with van der Waals surface area (Å²) in [7, 11) is -3.47. The summed E-state index contributed by atoms with van der Waals surface area (Å²) >= 11 is 0. The van der Waals surface area contributed by atoms with Crippen LogP contribution < -0.4 is 5.32 Å². The van der Waals surface area contributed by atoms with E-state index in [1.54, 1.807) is 54.6 Å². The van der Waals surface area contributed by atoms with Crippen molar-refractivity contribution >= 4 is 21.4 Å². The van der Waals surface area contributed by atoms with Gasteiger partial charge in [-0.1, -0.05) is 56.3 Å². The maximum atomic E-state index is 12.8. The fraction of sp³-hybridized carbons (Fsp3) is 0.240. The molecule has 3 rings (SSSR count). The second-order valence-corrected chi connectivity index (χ2v) is 9.38. The summed E-state index contributed by atoms with van der Waals surface area (Å²) in [5.41, 5.74) is 2.85. The smallest absolute Gasteiger partial charge is 0.255 e. The lowest BCUT2D eigenvalue weighted by Crippen LogP contribution is -2.22. The number of hydrogen-bond donors (Lipinski definition) is 1. The molecule has 1 N–H and O–H groups in total. The summed E-state index contributed by atoms with van der Waals surface area (Å²) in [6.07, 6.45) is 0. The monoisotopic (exact) mass is 436 g/mol. The molecule has 5 nitrogen and oxygen atoms in total. The Hall–Kier alpha value is -2.96. The summed E-state index contributed by atoms with van der Waals surface area (Å²) in [5, 5.41) is 2.92. The van der Waals surface area contributed by atoms with Crippen LogP contribution in [0.4, 0.5) is 5.69 Å². The zero-order valence-electron chi connectivity index (χ0n) is 17.9. The molecule has 1 amide bonds. The normalized spacial score (nSPS) is 11.5. The molecule has 3 aromatic rings. The van der Waals surface area contributed by atoms with E-state index in [2.05, 4.69) is 24.1 Å². The first kappa shape index (κ1) is 22.7. The molecule has 0 aliphatic heterocycles. The highest BCUT2D eigenvalue weighted by Gasteiger charge is 2.16. The van der Waals surface area contributed by atoms with Gasteiger partial charge in [0.05, 0.1) is 10.6 Å². The Morgan fingerprint density at radius 3 is 2.23 bits per heavy atom. The molecule has 0 unspecified atom stereocenters. The number of benzene rings is 3. The van der Waals surface area contributed by atoms with E-state index in [0.29, 0.717) is 11.1 Å². The molecule has 0 radical (unpaired) electrons. The molecule has 0 aliphatic rings. The highest BCUT2D eigenvalue weighted by atomic mass is 32.2. The van der Waals surface area contributed by atoms with E-state index in [9.17, 15) is 13.2 Å². The summed E-state index contributed by atoms with van der Waals surface area (Å²) < 4.78 is 25.3. The van der Waals surface area contributed by atoms with Crippen LogP contribution in [0, 0.1) is 0 Å². The van der Waals surface area contributed by atoms with Crippen LogP contribution >= 0.6 is 0 Å². The second kappa shape index (κ2) is 10.4. The highest BCUT2D eigenvalue weighted by molar-refractivity contribution is 7.90. The first-order chi connectivity index (χ1) is 14.9. The van der Waals surface area contributed by atoms with E-state index in [0.717, 1.165) is 30.9 Å². The fourth-order valence-electron chi connectivity index (χ4n) is 3.39. The number of nitrogens with zero attached hydrogens (tertiary/aromatic N) is 1. The largest absolute Gasteiger partial charge is 0.322 e. The van der Waals surface area contributed by atoms with Crippen LogP contribution in [-0.4, -0.2) is 32.3 Å². The molecule has 0 saturated carbocycles. The van der Waals surface area contributed by atoms with E-state index in [1.165, 1.54) is 0 Å². The van der Waals surface area contributed by atoms with Crippen LogP contribution in [0.5, 0.6) is 0 Å². The molecule has 0 fully saturated rings. The van der Waals surface area contributed by atoms with Crippen molar-refractivity contribution in [3.8, 4) is 0 Å². The molecule has 0 saturated heterocycles. The molecular weight excluding hydrogens is 408 g/mol. The first-order valence-electron chi connectivity index (χ1n) is 10.4. The molecule has 0 bridgehead atoms. The number of amides is 1. The third-order valence-electron chi connectivity index (χ3n) is 5.13. The topological polar surface area (TPSA) is 66.5 Å². The predicted octanol–water partition coefficient (Wildman–Crippen LogP) is 4.75. The first-order valence-corrected chi connectivity index (χ1v) is 12.1. The lowest BCUT2D eigenvalue weighted by atomic mass is 10.1. The van der Waals surface area contributed by atoms with Crippen LogP contribution in [0.2, 0.25) is 0 Å². The Bertz CT molecular complexity index is 1120. The van der Waals surface area contributed by atoms with Gasteiger partial charge in [0.1, 0.15) is 0 Å². The van der Waals surface area contributed by atoms with Crippen LogP contribution in [0.3, 0.4) is 0 Å². The Morgan fingerprint density at radius 2 is 1.52 bits per heavy atom. The number of sulfone groups is 1. The Labute approximate surface area is 184 Å². The van der Waals surface area contributed by atoms with Gasteiger partial charge in [-0.3, -0.25) is 9.69 Å². The zero-order chi connectivity index (χ0) is 22.3. The summed E-state index contributed by atoms with van der Waals surface area (Å²) in [5.74, 6) is -0.420. The predicted molar refractivity (Wildman–Crippen MR) is 125 cm³/mol. The summed E-state index contributed by atoms with van der Waals surface area (Å²) in [6, 6.07) is 22.9. The molecule has 6 heteroatoms. The van der Waals surface area contributed by atoms with E-state index in [4.69, 9.17) is 0 Å². The molecule has 162 valence electrons. The maximum Gasteiger partial charge on any atom is 0.255 e. The molecule has 0 heterocycles. The van der Waals surface area contributed by atoms with Gasteiger partial charge in [-0.25, -0.2) is 8.42 Å². The van der Waals surface area contributed by atoms with Crippen LogP contribution in [-0.2, 0) is 22.1 Å². The van der Waals surface area contributed by atoms with Crippen molar-refractivity contribution in [2.75, 3.05) is 18.4 Å². The van der Waals surface area contributed by atoms with Gasteiger partial charge in [-0.05, 0) is 60.6 Å². The SMILES string of the molecule is CCN(CC)Cc1cccc(NC(=O)c2cccc(CS(=O)(=O)c3ccccc3)c2)c1. The van der Waals surface area contributed by atoms with Crippen molar-refractivity contribution < 1.29 is 13.2 Å². The van der Waals surface area contributed by atoms with Crippen molar-refractivity contribution in [2.24, 2.45) is 0 Å². The van der Waals surface area contributed by atoms with Gasteiger partial charge < -0.3 is 5.32 Å². The molecule has 31 heavy (non-hydrogen) atoms. The average molecular weight is 437 g/mol. The lowest BCUT2D eigenvalue weighted by molar-refractivity contribution is 0.102. The van der Waals surface area contributed by atoms with Crippen molar-refractivity contribution in [1.82, 2.24) is 4.90 Å². The van der Waals surface area contributed by atoms with E-state index < -0.39 is 9.84 Å². The third kappa shape index (κ3) is 6.26. The molecular formula is C25H28N2O3S. The van der Waals surface area contributed by atoms with E-state index in [1.807, 2.05) is 24.3 Å². The quantitative estimate of drug-likeness (QED) is 0.525. The van der Waals surface area contributed by atoms with Gasteiger partial charge in [0.15, 0.2) is 9.84 Å². The Kier molecular flexibility index (Phi) is 7.60. The molecule has 3 aromatic carbocycles. The fourth-order valence-corrected chi connectivity index (χ4v) is 4.75. The number of carbonyl (C=O) groups is 1. The van der Waals surface area contributed by atoms with Gasteiger partial charge in [0.25, 0.3) is 5.91 Å². The van der Waals surface area contributed by atoms with Crippen LogP contribution in [0.15, 0.2) is 83.8 Å². The van der Waals surface area contributed by atoms with E-state index >= 15 is 0 Å². The van der Waals surface area contributed by atoms with Gasteiger partial charge in [0.2, 0.25) is 0 Å². The van der Waals surface area contributed by atoms with Gasteiger partial charge in [-0.2, -0.15) is 0 Å². The summed E-state index contributed by atoms with van der Waals surface area (Å²) in [4.78, 5) is 15.4. The molecule has 0 atom stereocenters. The van der Waals surface area contributed by atoms with Gasteiger partial charge in [0, 0.05) is 17.8 Å². The zero-order valence-corrected chi connectivity index (χ0v) is 18.7. The van der Waals surface area contributed by atoms with Crippen molar-refractivity contribution in [3.63, 3.8) is 0 Å². The van der Waals surface area contributed by atoms with Crippen molar-refractivity contribution in [1.29, 1.82) is 0 Å². The Balaban J connectivity index is 1.72. The minimum absolute atomic E-state index is 0.155. The molecule has 0 aliphatic carbocycles. The Morgan fingerprint density at radius 1 is 0.839 bits per heavy atom. The lowest BCUT2D eigenvalue weighted by Gasteiger charge is -2.18. The van der Waals surface area contributed by atoms with E-state index in [-0.39, 0.29) is 16.6 Å². The van der Waals surface area contributed by atoms with Crippen LogP contribution in [0.25, 0.3) is 0 Å². The average Bonchev–Trinajstić information content (AvgIpc) is 2.78. The number of rotatable bonds is 9. The molecule has 0 aromatic heterocycles. The van der Waals surface area contributed by atoms with Crippen molar-refractivity contribution in [2.45, 2.75) is 31.0 Å². The minimum Gasteiger partial charge on any atom is -0.322 e. The number of nitrogens with one attached hydrogen (secondary N) is 1. The highest BCUT2D eigenvalue weighted by Crippen LogP contribution is 2.18. The van der Waals surface area contributed by atoms with Crippen LogP contribution in [0.1, 0.15) is 35.3 Å². The maximum absolute atomic E-state index is 12.8. The number of hydrogen-bond acceptors (Lipinski definition) is 4. The summed E-state index contributed by atoms with van der Waals surface area (Å²) in [6.45, 7) is 7.00. The number of anilines is 1. The van der Waals surface area contributed by atoms with Gasteiger partial charge >= 0.3 is 0 Å². The standard InChI is InChI=1S/C25H28N2O3S/c1-3-27(4-2)18-20-10-9-13-23(17-20)26-25(28)22-12-8-11-21(16-22)19-31(29,30)24-14-6-5-7-15-24/h5-17H,3-4,18-19H2,1-2H3,(H,26,28).